The van der Waals surface area contributed by atoms with Gasteiger partial charge in [0.2, 0.25) is 0 Å². The first-order valence-corrected chi connectivity index (χ1v) is 6.97. The van der Waals surface area contributed by atoms with Crippen molar-refractivity contribution in [1.29, 1.82) is 0 Å². The molecule has 0 radical (unpaired) electrons. The van der Waals surface area contributed by atoms with Crippen LogP contribution in [0.5, 0.6) is 0 Å². The normalized spacial score (nSPS) is 18.8. The lowest BCUT2D eigenvalue weighted by atomic mass is 9.92. The highest BCUT2D eigenvalue weighted by Gasteiger charge is 2.26. The lowest BCUT2D eigenvalue weighted by Gasteiger charge is -2.34. The van der Waals surface area contributed by atoms with Gasteiger partial charge in [-0.25, -0.2) is 4.79 Å². The Morgan fingerprint density at radius 2 is 2.22 bits per heavy atom. The first kappa shape index (κ1) is 13.5. The fraction of sp³-hybridized carbons (Fsp3) is 0.615. The standard InChI is InChI=1S/C13H19NO3S/c1-9-10(7-11(18-9)12(15)16)8-14-13(2)3-5-17-6-4-13/h7,14H,3-6,8H2,1-2H3,(H,15,16). The molecule has 0 amide bonds. The van der Waals surface area contributed by atoms with Gasteiger partial charge in [-0.3, -0.25) is 0 Å². The molecule has 1 saturated heterocycles. The van der Waals surface area contributed by atoms with Gasteiger partial charge in [0, 0.05) is 30.2 Å². The van der Waals surface area contributed by atoms with E-state index in [2.05, 4.69) is 12.2 Å². The lowest BCUT2D eigenvalue weighted by Crippen LogP contribution is -2.46. The van der Waals surface area contributed by atoms with Gasteiger partial charge < -0.3 is 15.2 Å². The lowest BCUT2D eigenvalue weighted by molar-refractivity contribution is 0.0446. The second-order valence-electron chi connectivity index (χ2n) is 5.02. The average molecular weight is 269 g/mol. The van der Waals surface area contributed by atoms with Crippen LogP contribution < -0.4 is 5.32 Å². The van der Waals surface area contributed by atoms with Crippen LogP contribution in [0, 0.1) is 6.92 Å². The van der Waals surface area contributed by atoms with E-state index < -0.39 is 5.97 Å². The van der Waals surface area contributed by atoms with Crippen LogP contribution in [0.4, 0.5) is 0 Å². The van der Waals surface area contributed by atoms with Crippen LogP contribution in [0.25, 0.3) is 0 Å². The van der Waals surface area contributed by atoms with Gasteiger partial charge in [0.1, 0.15) is 4.88 Å². The van der Waals surface area contributed by atoms with Gasteiger partial charge in [-0.05, 0) is 38.3 Å². The molecule has 0 bridgehead atoms. The summed E-state index contributed by atoms with van der Waals surface area (Å²) in [7, 11) is 0. The van der Waals surface area contributed by atoms with E-state index in [1.165, 1.54) is 11.3 Å². The van der Waals surface area contributed by atoms with E-state index in [0.29, 0.717) is 4.88 Å². The van der Waals surface area contributed by atoms with Gasteiger partial charge in [-0.15, -0.1) is 11.3 Å². The molecule has 2 N–H and O–H groups in total. The molecule has 2 rings (SSSR count). The predicted octanol–water partition coefficient (Wildman–Crippen LogP) is 2.41. The molecule has 1 aromatic heterocycles. The van der Waals surface area contributed by atoms with Gasteiger partial charge in [-0.2, -0.15) is 0 Å². The fourth-order valence-electron chi connectivity index (χ4n) is 2.11. The summed E-state index contributed by atoms with van der Waals surface area (Å²) < 4.78 is 5.36. The quantitative estimate of drug-likeness (QED) is 0.881. The number of rotatable bonds is 4. The summed E-state index contributed by atoms with van der Waals surface area (Å²) in [5.74, 6) is -0.841. The molecule has 1 aromatic rings. The zero-order valence-electron chi connectivity index (χ0n) is 10.8. The van der Waals surface area contributed by atoms with Crippen molar-refractivity contribution in [3.63, 3.8) is 0 Å². The number of ether oxygens (including phenoxy) is 1. The number of carboxylic acid groups (broad SMARTS) is 1. The Balaban J connectivity index is 1.99. The molecular formula is C13H19NO3S. The molecule has 100 valence electrons. The highest BCUT2D eigenvalue weighted by molar-refractivity contribution is 7.14. The number of aryl methyl sites for hydroxylation is 1. The number of nitrogens with one attached hydrogen (secondary N) is 1. The second kappa shape index (κ2) is 5.38. The summed E-state index contributed by atoms with van der Waals surface area (Å²) in [6.45, 7) is 6.50. The monoisotopic (exact) mass is 269 g/mol. The predicted molar refractivity (Wildman–Crippen MR) is 71.3 cm³/mol. The Hall–Kier alpha value is -0.910. The van der Waals surface area contributed by atoms with Crippen molar-refractivity contribution in [2.45, 2.75) is 38.8 Å². The minimum atomic E-state index is -0.841. The maximum absolute atomic E-state index is 10.9. The summed E-state index contributed by atoms with van der Waals surface area (Å²) in [4.78, 5) is 12.4. The maximum Gasteiger partial charge on any atom is 0.345 e. The number of carbonyl (C=O) groups is 1. The third kappa shape index (κ3) is 3.10. The van der Waals surface area contributed by atoms with Gasteiger partial charge in [0.25, 0.3) is 0 Å². The number of hydrogen-bond acceptors (Lipinski definition) is 4. The van der Waals surface area contributed by atoms with Crippen molar-refractivity contribution in [2.75, 3.05) is 13.2 Å². The maximum atomic E-state index is 10.9. The molecule has 2 heterocycles. The average Bonchev–Trinajstić information content (AvgIpc) is 2.70. The number of hydrogen-bond donors (Lipinski definition) is 2. The van der Waals surface area contributed by atoms with E-state index in [-0.39, 0.29) is 5.54 Å². The Bertz CT molecular complexity index is 435. The topological polar surface area (TPSA) is 58.6 Å². The van der Waals surface area contributed by atoms with Gasteiger partial charge in [-0.1, -0.05) is 0 Å². The van der Waals surface area contributed by atoms with E-state index in [4.69, 9.17) is 9.84 Å². The van der Waals surface area contributed by atoms with E-state index in [9.17, 15) is 4.79 Å². The summed E-state index contributed by atoms with van der Waals surface area (Å²) in [5, 5.41) is 12.5. The highest BCUT2D eigenvalue weighted by Crippen LogP contribution is 2.24. The largest absolute Gasteiger partial charge is 0.477 e. The van der Waals surface area contributed by atoms with Gasteiger partial charge in [0.15, 0.2) is 0 Å². The zero-order valence-corrected chi connectivity index (χ0v) is 11.6. The SMILES string of the molecule is Cc1sc(C(=O)O)cc1CNC1(C)CCOCC1. The summed E-state index contributed by atoms with van der Waals surface area (Å²) in [6.07, 6.45) is 2.00. The first-order chi connectivity index (χ1) is 8.50. The van der Waals surface area contributed by atoms with Crippen molar-refractivity contribution in [3.8, 4) is 0 Å². The van der Waals surface area contributed by atoms with Gasteiger partial charge >= 0.3 is 5.97 Å². The molecule has 4 nitrogen and oxygen atoms in total. The van der Waals surface area contributed by atoms with Crippen molar-refractivity contribution in [1.82, 2.24) is 5.32 Å². The van der Waals surface area contributed by atoms with Crippen LogP contribution in [0.1, 0.15) is 39.9 Å². The fourth-order valence-corrected chi connectivity index (χ4v) is 2.99. The Labute approximate surface area is 111 Å². The zero-order chi connectivity index (χ0) is 13.2. The van der Waals surface area contributed by atoms with Crippen LogP contribution in [-0.2, 0) is 11.3 Å². The van der Waals surface area contributed by atoms with Crippen LogP contribution >= 0.6 is 11.3 Å². The molecule has 0 aromatic carbocycles. The van der Waals surface area contributed by atoms with Crippen molar-refractivity contribution >= 4 is 17.3 Å². The minimum Gasteiger partial charge on any atom is -0.477 e. The third-order valence-corrected chi connectivity index (χ3v) is 4.61. The number of thiophene rings is 1. The smallest absolute Gasteiger partial charge is 0.345 e. The molecular weight excluding hydrogens is 250 g/mol. The number of carboxylic acids is 1. The van der Waals surface area contributed by atoms with Crippen LogP contribution in [0.2, 0.25) is 0 Å². The molecule has 0 spiro atoms. The van der Waals surface area contributed by atoms with Crippen molar-refractivity contribution in [3.05, 3.63) is 21.4 Å². The molecule has 18 heavy (non-hydrogen) atoms. The van der Waals surface area contributed by atoms with E-state index >= 15 is 0 Å². The van der Waals surface area contributed by atoms with E-state index in [1.54, 1.807) is 6.07 Å². The van der Waals surface area contributed by atoms with Crippen LogP contribution in [-0.4, -0.2) is 29.8 Å². The summed E-state index contributed by atoms with van der Waals surface area (Å²) in [6, 6.07) is 1.78. The van der Waals surface area contributed by atoms with Crippen molar-refractivity contribution < 1.29 is 14.6 Å². The summed E-state index contributed by atoms with van der Waals surface area (Å²) in [5.41, 5.74) is 1.20. The first-order valence-electron chi connectivity index (χ1n) is 6.15. The molecule has 0 aliphatic carbocycles. The molecule has 1 aliphatic rings. The Morgan fingerprint density at radius 1 is 1.56 bits per heavy atom. The second-order valence-corrected chi connectivity index (χ2v) is 6.28. The molecule has 0 saturated carbocycles. The Morgan fingerprint density at radius 3 is 2.78 bits per heavy atom. The number of aromatic carboxylic acids is 1. The van der Waals surface area contributed by atoms with Crippen LogP contribution in [0.15, 0.2) is 6.07 Å². The molecule has 0 unspecified atom stereocenters. The van der Waals surface area contributed by atoms with Crippen LogP contribution in [0.3, 0.4) is 0 Å². The molecule has 5 heteroatoms. The Kier molecular flexibility index (Phi) is 4.04. The van der Waals surface area contributed by atoms with E-state index in [0.717, 1.165) is 43.0 Å². The highest BCUT2D eigenvalue weighted by atomic mass is 32.1. The molecule has 0 atom stereocenters. The summed E-state index contributed by atoms with van der Waals surface area (Å²) >= 11 is 1.34. The third-order valence-electron chi connectivity index (χ3n) is 3.53. The minimum absolute atomic E-state index is 0.107. The van der Waals surface area contributed by atoms with Crippen molar-refractivity contribution in [2.24, 2.45) is 0 Å². The molecule has 1 aliphatic heterocycles. The van der Waals surface area contributed by atoms with E-state index in [1.807, 2.05) is 6.92 Å². The molecule has 1 fully saturated rings. The van der Waals surface area contributed by atoms with Gasteiger partial charge in [0.05, 0.1) is 0 Å².